The van der Waals surface area contributed by atoms with Gasteiger partial charge in [-0.3, -0.25) is 14.6 Å². The molecule has 0 radical (unpaired) electrons. The first-order valence-electron chi connectivity index (χ1n) is 9.07. The Morgan fingerprint density at radius 2 is 1.43 bits per heavy atom. The third-order valence-corrected chi connectivity index (χ3v) is 4.63. The van der Waals surface area contributed by atoms with Crippen LogP contribution < -0.4 is 10.6 Å². The normalized spacial score (nSPS) is 15.5. The number of benzene rings is 3. The van der Waals surface area contributed by atoms with E-state index in [0.29, 0.717) is 11.4 Å². The van der Waals surface area contributed by atoms with Crippen molar-refractivity contribution in [3.05, 3.63) is 96.1 Å². The van der Waals surface area contributed by atoms with E-state index in [2.05, 4.69) is 15.6 Å². The summed E-state index contributed by atoms with van der Waals surface area (Å²) in [5, 5.41) is 5.66. The number of hydrogen-bond acceptors (Lipinski definition) is 3. The molecule has 2 N–H and O–H groups in total. The molecule has 0 saturated carbocycles. The van der Waals surface area contributed by atoms with Crippen molar-refractivity contribution in [1.29, 1.82) is 0 Å². The van der Waals surface area contributed by atoms with Crippen LogP contribution in [0.4, 0.5) is 11.4 Å². The lowest BCUT2D eigenvalue weighted by molar-refractivity contribution is -0.125. The molecular weight excluding hydrogens is 350 g/mol. The van der Waals surface area contributed by atoms with Gasteiger partial charge >= 0.3 is 0 Å². The highest BCUT2D eigenvalue weighted by Crippen LogP contribution is 2.27. The lowest BCUT2D eigenvalue weighted by Crippen LogP contribution is -2.46. The second kappa shape index (κ2) is 7.88. The van der Waals surface area contributed by atoms with Crippen molar-refractivity contribution in [2.75, 3.05) is 5.32 Å². The van der Waals surface area contributed by atoms with E-state index in [9.17, 15) is 9.59 Å². The zero-order valence-electron chi connectivity index (χ0n) is 15.1. The number of aliphatic imine (C=N–C) groups is 1. The van der Waals surface area contributed by atoms with Gasteiger partial charge in [0.05, 0.1) is 17.3 Å². The molecule has 2 amide bonds. The fraction of sp³-hybridized carbons (Fsp3) is 0.0870. The van der Waals surface area contributed by atoms with Gasteiger partial charge in [0.1, 0.15) is 6.04 Å². The summed E-state index contributed by atoms with van der Waals surface area (Å²) in [6.45, 7) is 0. The molecule has 1 atom stereocenters. The van der Waals surface area contributed by atoms with Crippen LogP contribution in [0.15, 0.2) is 89.9 Å². The standard InChI is InChI=1S/C23H19N3O2/c27-22-20(15-24-18-13-7-8-14-19(18)25-22)26-23(28)21(16-9-3-1-4-10-16)17-11-5-2-6-12-17/h1-15,20-21H,(H,25,27)(H,26,28)/t20-/m0/s1. The van der Waals surface area contributed by atoms with Gasteiger partial charge in [-0.2, -0.15) is 0 Å². The number of para-hydroxylation sites is 2. The smallest absolute Gasteiger partial charge is 0.252 e. The monoisotopic (exact) mass is 369 g/mol. The van der Waals surface area contributed by atoms with E-state index in [1.165, 1.54) is 6.21 Å². The summed E-state index contributed by atoms with van der Waals surface area (Å²) >= 11 is 0. The van der Waals surface area contributed by atoms with Crippen LogP contribution in [0.5, 0.6) is 0 Å². The highest BCUT2D eigenvalue weighted by atomic mass is 16.2. The number of fused-ring (bicyclic) bond motifs is 1. The first-order chi connectivity index (χ1) is 13.7. The Bertz CT molecular complexity index is 977. The molecule has 0 spiro atoms. The Morgan fingerprint density at radius 1 is 0.857 bits per heavy atom. The van der Waals surface area contributed by atoms with Gasteiger partial charge in [0.15, 0.2) is 0 Å². The third kappa shape index (κ3) is 3.69. The molecule has 0 bridgehead atoms. The van der Waals surface area contributed by atoms with Crippen molar-refractivity contribution in [1.82, 2.24) is 5.32 Å². The number of carbonyl (C=O) groups excluding carboxylic acids is 2. The molecule has 3 aromatic carbocycles. The van der Waals surface area contributed by atoms with Crippen LogP contribution in [0, 0.1) is 0 Å². The molecule has 1 aliphatic rings. The summed E-state index contributed by atoms with van der Waals surface area (Å²) < 4.78 is 0. The maximum absolute atomic E-state index is 13.2. The zero-order chi connectivity index (χ0) is 19.3. The Kier molecular flexibility index (Phi) is 4.97. The largest absolute Gasteiger partial charge is 0.339 e. The molecule has 5 heteroatoms. The van der Waals surface area contributed by atoms with E-state index in [1.807, 2.05) is 78.9 Å². The average Bonchev–Trinajstić information content (AvgIpc) is 2.88. The van der Waals surface area contributed by atoms with E-state index >= 15 is 0 Å². The SMILES string of the molecule is O=C(N[C@H]1C=Nc2ccccc2NC1=O)C(c1ccccc1)c1ccccc1. The van der Waals surface area contributed by atoms with Crippen LogP contribution in [-0.2, 0) is 9.59 Å². The molecule has 3 aromatic rings. The minimum absolute atomic E-state index is 0.255. The zero-order valence-corrected chi connectivity index (χ0v) is 15.1. The van der Waals surface area contributed by atoms with Gasteiger partial charge in [0, 0.05) is 6.21 Å². The van der Waals surface area contributed by atoms with Gasteiger partial charge in [-0.05, 0) is 23.3 Å². The average molecular weight is 369 g/mol. The van der Waals surface area contributed by atoms with Crippen LogP contribution >= 0.6 is 0 Å². The van der Waals surface area contributed by atoms with Gasteiger partial charge in [-0.1, -0.05) is 72.8 Å². The van der Waals surface area contributed by atoms with Gasteiger partial charge in [-0.25, -0.2) is 0 Å². The van der Waals surface area contributed by atoms with Crippen LogP contribution in [0.2, 0.25) is 0 Å². The van der Waals surface area contributed by atoms with Gasteiger partial charge in [0.2, 0.25) is 5.91 Å². The highest BCUT2D eigenvalue weighted by molar-refractivity contribution is 6.11. The van der Waals surface area contributed by atoms with Crippen LogP contribution in [-0.4, -0.2) is 24.1 Å². The molecule has 138 valence electrons. The van der Waals surface area contributed by atoms with Gasteiger partial charge < -0.3 is 10.6 Å². The maximum atomic E-state index is 13.2. The Balaban J connectivity index is 1.61. The summed E-state index contributed by atoms with van der Waals surface area (Å²) in [6.07, 6.45) is 1.48. The minimum Gasteiger partial charge on any atom is -0.339 e. The van der Waals surface area contributed by atoms with Gasteiger partial charge in [0.25, 0.3) is 5.91 Å². The predicted molar refractivity (Wildman–Crippen MR) is 110 cm³/mol. The highest BCUT2D eigenvalue weighted by Gasteiger charge is 2.28. The molecule has 0 aliphatic carbocycles. The second-order valence-corrected chi connectivity index (χ2v) is 6.53. The number of carbonyl (C=O) groups is 2. The van der Waals surface area contributed by atoms with Crippen LogP contribution in [0.25, 0.3) is 0 Å². The van der Waals surface area contributed by atoms with Crippen molar-refractivity contribution in [3.8, 4) is 0 Å². The first kappa shape index (κ1) is 17.7. The Morgan fingerprint density at radius 3 is 2.07 bits per heavy atom. The molecule has 0 aromatic heterocycles. The summed E-state index contributed by atoms with van der Waals surface area (Å²) in [7, 11) is 0. The summed E-state index contributed by atoms with van der Waals surface area (Å²) in [5.74, 6) is -1.09. The summed E-state index contributed by atoms with van der Waals surface area (Å²) in [6, 6.07) is 25.5. The van der Waals surface area contributed by atoms with Crippen molar-refractivity contribution >= 4 is 29.4 Å². The molecular formula is C23H19N3O2. The quantitative estimate of drug-likeness (QED) is 0.737. The Labute approximate surface area is 163 Å². The van der Waals surface area contributed by atoms with Crippen LogP contribution in [0.1, 0.15) is 17.0 Å². The summed E-state index contributed by atoms with van der Waals surface area (Å²) in [4.78, 5) is 30.1. The number of rotatable bonds is 4. The van der Waals surface area contributed by atoms with E-state index < -0.39 is 12.0 Å². The van der Waals surface area contributed by atoms with E-state index in [-0.39, 0.29) is 11.8 Å². The third-order valence-electron chi connectivity index (χ3n) is 4.63. The summed E-state index contributed by atoms with van der Waals surface area (Å²) in [5.41, 5.74) is 3.01. The fourth-order valence-corrected chi connectivity index (χ4v) is 3.25. The lowest BCUT2D eigenvalue weighted by Gasteiger charge is -2.20. The molecule has 1 heterocycles. The number of nitrogens with zero attached hydrogens (tertiary/aromatic N) is 1. The molecule has 0 unspecified atom stereocenters. The molecule has 4 rings (SSSR count). The van der Waals surface area contributed by atoms with Crippen molar-refractivity contribution in [3.63, 3.8) is 0 Å². The fourth-order valence-electron chi connectivity index (χ4n) is 3.25. The maximum Gasteiger partial charge on any atom is 0.252 e. The Hall–Kier alpha value is -3.73. The first-order valence-corrected chi connectivity index (χ1v) is 9.07. The van der Waals surface area contributed by atoms with E-state index in [1.54, 1.807) is 6.07 Å². The lowest BCUT2D eigenvalue weighted by atomic mass is 9.90. The molecule has 0 saturated heterocycles. The van der Waals surface area contributed by atoms with Crippen LogP contribution in [0.3, 0.4) is 0 Å². The molecule has 28 heavy (non-hydrogen) atoms. The van der Waals surface area contributed by atoms with Crippen molar-refractivity contribution < 1.29 is 9.59 Å². The molecule has 5 nitrogen and oxygen atoms in total. The number of nitrogens with one attached hydrogen (secondary N) is 2. The molecule has 0 fully saturated rings. The topological polar surface area (TPSA) is 70.6 Å². The predicted octanol–water partition coefficient (Wildman–Crippen LogP) is 3.66. The number of anilines is 1. The minimum atomic E-state index is -0.852. The number of amides is 2. The van der Waals surface area contributed by atoms with E-state index in [0.717, 1.165) is 11.1 Å². The molecule has 1 aliphatic heterocycles. The van der Waals surface area contributed by atoms with E-state index in [4.69, 9.17) is 0 Å². The van der Waals surface area contributed by atoms with Crippen molar-refractivity contribution in [2.24, 2.45) is 4.99 Å². The second-order valence-electron chi connectivity index (χ2n) is 6.53. The number of hydrogen-bond donors (Lipinski definition) is 2. The van der Waals surface area contributed by atoms with Gasteiger partial charge in [-0.15, -0.1) is 0 Å². The van der Waals surface area contributed by atoms with Crippen molar-refractivity contribution in [2.45, 2.75) is 12.0 Å².